The van der Waals surface area contributed by atoms with Crippen molar-refractivity contribution >= 4 is 27.3 Å². The van der Waals surface area contributed by atoms with Crippen molar-refractivity contribution in [1.82, 2.24) is 4.90 Å². The minimum absolute atomic E-state index is 0.0423. The third-order valence-corrected chi connectivity index (χ3v) is 7.22. The highest BCUT2D eigenvalue weighted by atomic mass is 32.1. The number of benzene rings is 3. The normalized spacial score (nSPS) is 14.4. The molecule has 172 valence electrons. The van der Waals surface area contributed by atoms with Gasteiger partial charge in [-0.2, -0.15) is 0 Å². The first kappa shape index (κ1) is 20.9. The maximum absolute atomic E-state index is 13.2. The number of hydrogen-bond donors (Lipinski definition) is 0. The maximum atomic E-state index is 13.2. The summed E-state index contributed by atoms with van der Waals surface area (Å²) >= 11 is 1.72. The van der Waals surface area contributed by atoms with Gasteiger partial charge in [0.25, 0.3) is 0 Å². The van der Waals surface area contributed by atoms with Crippen LogP contribution in [0.25, 0.3) is 21.2 Å². The van der Waals surface area contributed by atoms with E-state index < -0.39 is 0 Å². The summed E-state index contributed by atoms with van der Waals surface area (Å²) in [5.41, 5.74) is 4.06. The van der Waals surface area contributed by atoms with Crippen LogP contribution < -0.4 is 18.9 Å². The SMILES string of the molecule is COc1cc(-c2csc3ccccc23)cc2c1OCCN(C(=O)Cc1ccc3c(c1)OCO3)C2. The Morgan fingerprint density at radius 1 is 1.06 bits per heavy atom. The summed E-state index contributed by atoms with van der Waals surface area (Å²) in [6.45, 7) is 1.61. The lowest BCUT2D eigenvalue weighted by Gasteiger charge is -2.20. The zero-order valence-electron chi connectivity index (χ0n) is 18.7. The molecule has 0 aliphatic carbocycles. The van der Waals surface area contributed by atoms with Crippen LogP contribution in [0.2, 0.25) is 0 Å². The molecule has 6 rings (SSSR count). The zero-order chi connectivity index (χ0) is 23.1. The molecular formula is C27H23NO5S. The van der Waals surface area contributed by atoms with Crippen molar-refractivity contribution in [2.75, 3.05) is 27.1 Å². The highest BCUT2D eigenvalue weighted by Gasteiger charge is 2.25. The molecule has 0 bridgehead atoms. The van der Waals surface area contributed by atoms with Crippen molar-refractivity contribution in [3.8, 4) is 34.1 Å². The van der Waals surface area contributed by atoms with Crippen molar-refractivity contribution in [1.29, 1.82) is 0 Å². The topological polar surface area (TPSA) is 57.2 Å². The minimum Gasteiger partial charge on any atom is -0.493 e. The predicted molar refractivity (Wildman–Crippen MR) is 131 cm³/mol. The predicted octanol–water partition coefficient (Wildman–Crippen LogP) is 5.27. The molecule has 4 aromatic rings. The summed E-state index contributed by atoms with van der Waals surface area (Å²) in [7, 11) is 1.65. The summed E-state index contributed by atoms with van der Waals surface area (Å²) in [5, 5.41) is 3.38. The molecule has 3 heterocycles. The van der Waals surface area contributed by atoms with Gasteiger partial charge in [-0.05, 0) is 46.8 Å². The van der Waals surface area contributed by atoms with E-state index >= 15 is 0 Å². The van der Waals surface area contributed by atoms with Crippen LogP contribution in [0.5, 0.6) is 23.0 Å². The number of hydrogen-bond acceptors (Lipinski definition) is 6. The Bertz CT molecular complexity index is 1400. The van der Waals surface area contributed by atoms with Crippen LogP contribution in [0.1, 0.15) is 11.1 Å². The van der Waals surface area contributed by atoms with Crippen molar-refractivity contribution in [3.05, 3.63) is 71.1 Å². The fourth-order valence-electron chi connectivity index (χ4n) is 4.54. The average Bonchev–Trinajstić information content (AvgIpc) is 3.44. The van der Waals surface area contributed by atoms with Crippen molar-refractivity contribution < 1.29 is 23.7 Å². The number of methoxy groups -OCH3 is 1. The molecule has 0 saturated carbocycles. The molecule has 0 atom stereocenters. The first-order chi connectivity index (χ1) is 16.7. The second-order valence-electron chi connectivity index (χ2n) is 8.34. The van der Waals surface area contributed by atoms with Gasteiger partial charge in [-0.1, -0.05) is 24.3 Å². The number of fused-ring (bicyclic) bond motifs is 3. The van der Waals surface area contributed by atoms with E-state index in [0.29, 0.717) is 42.7 Å². The first-order valence-corrected chi connectivity index (χ1v) is 12.0. The van der Waals surface area contributed by atoms with E-state index in [1.54, 1.807) is 18.4 Å². The van der Waals surface area contributed by atoms with Gasteiger partial charge in [0, 0.05) is 27.8 Å². The van der Waals surface area contributed by atoms with Gasteiger partial charge in [0.2, 0.25) is 12.7 Å². The van der Waals surface area contributed by atoms with Crippen LogP contribution in [-0.2, 0) is 17.8 Å². The average molecular weight is 474 g/mol. The molecule has 7 heteroatoms. The van der Waals surface area contributed by atoms with E-state index in [1.165, 1.54) is 10.1 Å². The number of amides is 1. The quantitative estimate of drug-likeness (QED) is 0.404. The third-order valence-electron chi connectivity index (χ3n) is 6.26. The fraction of sp³-hybridized carbons (Fsp3) is 0.222. The largest absolute Gasteiger partial charge is 0.493 e. The smallest absolute Gasteiger partial charge is 0.231 e. The van der Waals surface area contributed by atoms with Gasteiger partial charge in [0.1, 0.15) is 6.61 Å². The molecule has 1 aromatic heterocycles. The van der Waals surface area contributed by atoms with Crippen molar-refractivity contribution in [2.45, 2.75) is 13.0 Å². The zero-order valence-corrected chi connectivity index (χ0v) is 19.5. The van der Waals surface area contributed by atoms with Crippen LogP contribution in [0, 0.1) is 0 Å². The Morgan fingerprint density at radius 3 is 2.85 bits per heavy atom. The van der Waals surface area contributed by atoms with E-state index in [4.69, 9.17) is 18.9 Å². The van der Waals surface area contributed by atoms with Gasteiger partial charge < -0.3 is 23.8 Å². The maximum Gasteiger partial charge on any atom is 0.231 e. The Kier molecular flexibility index (Phi) is 5.26. The molecule has 0 unspecified atom stereocenters. The molecule has 0 saturated heterocycles. The summed E-state index contributed by atoms with van der Waals surface area (Å²) in [5.74, 6) is 2.85. The fourth-order valence-corrected chi connectivity index (χ4v) is 5.51. The van der Waals surface area contributed by atoms with E-state index in [0.717, 1.165) is 22.3 Å². The molecule has 0 fully saturated rings. The summed E-state index contributed by atoms with van der Waals surface area (Å²) in [4.78, 5) is 15.1. The lowest BCUT2D eigenvalue weighted by atomic mass is 10.0. The van der Waals surface area contributed by atoms with Crippen LogP contribution >= 0.6 is 11.3 Å². The van der Waals surface area contributed by atoms with Crippen LogP contribution in [0.15, 0.2) is 60.0 Å². The molecule has 2 aliphatic rings. The van der Waals surface area contributed by atoms with Gasteiger partial charge in [0.05, 0.1) is 20.1 Å². The second kappa shape index (κ2) is 8.57. The molecule has 3 aromatic carbocycles. The summed E-state index contributed by atoms with van der Waals surface area (Å²) in [6, 6.07) is 18.2. The van der Waals surface area contributed by atoms with E-state index in [9.17, 15) is 4.79 Å². The molecule has 1 amide bonds. The van der Waals surface area contributed by atoms with Gasteiger partial charge in [-0.3, -0.25) is 4.79 Å². The Morgan fingerprint density at radius 2 is 1.94 bits per heavy atom. The van der Waals surface area contributed by atoms with E-state index in [2.05, 4.69) is 35.7 Å². The molecule has 6 nitrogen and oxygen atoms in total. The number of carbonyl (C=O) groups excluding carboxylic acids is 1. The first-order valence-electron chi connectivity index (χ1n) is 11.2. The molecule has 0 N–H and O–H groups in total. The lowest BCUT2D eigenvalue weighted by Crippen LogP contribution is -2.33. The Hall–Kier alpha value is -3.71. The third kappa shape index (κ3) is 3.72. The van der Waals surface area contributed by atoms with E-state index in [-0.39, 0.29) is 19.1 Å². The van der Waals surface area contributed by atoms with Gasteiger partial charge in [0.15, 0.2) is 23.0 Å². The standard InChI is InChI=1S/C27H23NO5S/c1-30-24-13-18(21-15-34-25-5-3-2-4-20(21)25)12-19-14-28(8-9-31-27(19)24)26(29)11-17-6-7-22-23(10-17)33-16-32-22/h2-7,10,12-13,15H,8-9,11,14,16H2,1H3. The van der Waals surface area contributed by atoms with Crippen molar-refractivity contribution in [3.63, 3.8) is 0 Å². The number of thiophene rings is 1. The Balaban J connectivity index is 1.31. The van der Waals surface area contributed by atoms with Gasteiger partial charge in [-0.25, -0.2) is 0 Å². The van der Waals surface area contributed by atoms with Crippen LogP contribution in [0.3, 0.4) is 0 Å². The van der Waals surface area contributed by atoms with Gasteiger partial charge >= 0.3 is 0 Å². The lowest BCUT2D eigenvalue weighted by molar-refractivity contribution is -0.131. The number of carbonyl (C=O) groups is 1. The molecule has 0 spiro atoms. The van der Waals surface area contributed by atoms with Crippen LogP contribution in [-0.4, -0.2) is 37.9 Å². The second-order valence-corrected chi connectivity index (χ2v) is 9.25. The molecule has 34 heavy (non-hydrogen) atoms. The summed E-state index contributed by atoms with van der Waals surface area (Å²) < 4.78 is 23.8. The highest BCUT2D eigenvalue weighted by molar-refractivity contribution is 7.17. The number of ether oxygens (including phenoxy) is 4. The molecule has 2 aliphatic heterocycles. The highest BCUT2D eigenvalue weighted by Crippen LogP contribution is 2.41. The Labute approximate surface area is 201 Å². The van der Waals surface area contributed by atoms with E-state index in [1.807, 2.05) is 29.2 Å². The number of nitrogens with zero attached hydrogens (tertiary/aromatic N) is 1. The minimum atomic E-state index is 0.0423. The van der Waals surface area contributed by atoms with Gasteiger partial charge in [-0.15, -0.1) is 11.3 Å². The monoisotopic (exact) mass is 473 g/mol. The number of rotatable bonds is 4. The summed E-state index contributed by atoms with van der Waals surface area (Å²) in [6.07, 6.45) is 0.290. The van der Waals surface area contributed by atoms with Crippen LogP contribution in [0.4, 0.5) is 0 Å². The van der Waals surface area contributed by atoms with Crippen molar-refractivity contribution in [2.24, 2.45) is 0 Å². The molecule has 0 radical (unpaired) electrons. The molecular weight excluding hydrogens is 450 g/mol.